The number of rotatable bonds is 7. The number of hydrogen-bond acceptors (Lipinski definition) is 2. The van der Waals surface area contributed by atoms with Crippen LogP contribution in [0.1, 0.15) is 25.7 Å². The molecule has 1 unspecified atom stereocenters. The van der Waals surface area contributed by atoms with E-state index in [0.29, 0.717) is 0 Å². The van der Waals surface area contributed by atoms with Gasteiger partial charge < -0.3 is 0 Å². The van der Waals surface area contributed by atoms with Gasteiger partial charge in [0, 0.05) is 17.1 Å². The van der Waals surface area contributed by atoms with E-state index in [2.05, 4.69) is 0 Å². The summed E-state index contributed by atoms with van der Waals surface area (Å²) in [5.74, 6) is -4.08. The Labute approximate surface area is 134 Å². The van der Waals surface area contributed by atoms with Crippen LogP contribution < -0.4 is 0 Å². The standard InChI is InChI=1S/C10H11ClF10O2S/c11-24(22,23)4-2-1-3-6(8(13,14)15)5-7(12,9(16,17)18)10(19,20)21/h6H,1-5H2. The highest BCUT2D eigenvalue weighted by Crippen LogP contribution is 2.52. The molecule has 0 aliphatic heterocycles. The zero-order valence-electron chi connectivity index (χ0n) is 11.5. The topological polar surface area (TPSA) is 34.1 Å². The first-order valence-corrected chi connectivity index (χ1v) is 8.60. The van der Waals surface area contributed by atoms with Crippen LogP contribution in [0.15, 0.2) is 0 Å². The molecule has 0 spiro atoms. The number of unbranched alkanes of at least 4 members (excludes halogenated alkanes) is 1. The van der Waals surface area contributed by atoms with Gasteiger partial charge in [0.2, 0.25) is 9.05 Å². The quantitative estimate of drug-likeness (QED) is 0.325. The highest BCUT2D eigenvalue weighted by atomic mass is 35.7. The van der Waals surface area contributed by atoms with Crippen LogP contribution in [-0.4, -0.2) is 38.4 Å². The molecule has 0 fully saturated rings. The SMILES string of the molecule is O=S(=O)(Cl)CCCCC(CC(F)(C(F)(F)F)C(F)(F)F)C(F)(F)F. The molecule has 14 heteroatoms. The first kappa shape index (κ1) is 23.5. The molecule has 0 aromatic rings. The van der Waals surface area contributed by atoms with Gasteiger partial charge in [-0.3, -0.25) is 0 Å². The lowest BCUT2D eigenvalue weighted by Crippen LogP contribution is -2.55. The van der Waals surface area contributed by atoms with Crippen molar-refractivity contribution < 1.29 is 52.3 Å². The van der Waals surface area contributed by atoms with Crippen LogP contribution in [0.4, 0.5) is 43.9 Å². The molecule has 0 bridgehead atoms. The Morgan fingerprint density at radius 2 is 1.21 bits per heavy atom. The van der Waals surface area contributed by atoms with Gasteiger partial charge >= 0.3 is 18.5 Å². The monoisotopic (exact) mass is 420 g/mol. The largest absolute Gasteiger partial charge is 0.431 e. The molecule has 0 saturated heterocycles. The van der Waals surface area contributed by atoms with E-state index in [-0.39, 0.29) is 0 Å². The van der Waals surface area contributed by atoms with E-state index in [9.17, 15) is 52.3 Å². The van der Waals surface area contributed by atoms with Gasteiger partial charge in [-0.15, -0.1) is 0 Å². The Bertz CT molecular complexity index is 493. The van der Waals surface area contributed by atoms with Crippen LogP contribution in [0.5, 0.6) is 0 Å². The summed E-state index contributed by atoms with van der Waals surface area (Å²) >= 11 is 0. The molecule has 146 valence electrons. The van der Waals surface area contributed by atoms with Crippen LogP contribution in [0, 0.1) is 5.92 Å². The van der Waals surface area contributed by atoms with Crippen LogP contribution in [0.2, 0.25) is 0 Å². The molecule has 0 rings (SSSR count). The van der Waals surface area contributed by atoms with Crippen LogP contribution >= 0.6 is 10.7 Å². The third kappa shape index (κ3) is 6.81. The maximum atomic E-state index is 13.4. The molecule has 0 N–H and O–H groups in total. The Kier molecular flexibility index (Phi) is 7.28. The van der Waals surface area contributed by atoms with Gasteiger partial charge in [0.1, 0.15) is 0 Å². The molecule has 0 aromatic heterocycles. The maximum Gasteiger partial charge on any atom is 0.431 e. The summed E-state index contributed by atoms with van der Waals surface area (Å²) < 4.78 is 146. The van der Waals surface area contributed by atoms with Crippen LogP contribution in [0.3, 0.4) is 0 Å². The molecule has 0 aliphatic carbocycles. The lowest BCUT2D eigenvalue weighted by Gasteiger charge is -2.33. The number of hydrogen-bond donors (Lipinski definition) is 0. The molecule has 0 amide bonds. The Morgan fingerprint density at radius 3 is 1.50 bits per heavy atom. The van der Waals surface area contributed by atoms with E-state index in [0.717, 1.165) is 0 Å². The molecule has 0 saturated carbocycles. The normalized spacial score (nSPS) is 16.3. The Balaban J connectivity index is 5.27. The van der Waals surface area contributed by atoms with Crippen molar-refractivity contribution >= 4 is 19.7 Å². The molecule has 0 aliphatic rings. The summed E-state index contributed by atoms with van der Waals surface area (Å²) in [6.45, 7) is 0. The second kappa shape index (κ2) is 7.42. The van der Waals surface area contributed by atoms with Crippen LogP contribution in [0.25, 0.3) is 0 Å². The van der Waals surface area contributed by atoms with E-state index in [1.165, 1.54) is 0 Å². The molecule has 1 atom stereocenters. The summed E-state index contributed by atoms with van der Waals surface area (Å²) in [7, 11) is 0.675. The lowest BCUT2D eigenvalue weighted by atomic mass is 9.87. The number of halogens is 11. The van der Waals surface area contributed by atoms with Crippen molar-refractivity contribution in [2.45, 2.75) is 49.9 Å². The highest BCUT2D eigenvalue weighted by Gasteiger charge is 2.73. The molecule has 0 aromatic carbocycles. The lowest BCUT2D eigenvalue weighted by molar-refractivity contribution is -0.352. The average molecular weight is 421 g/mol. The maximum absolute atomic E-state index is 13.4. The second-order valence-electron chi connectivity index (χ2n) is 4.98. The van der Waals surface area contributed by atoms with Gasteiger partial charge in [0.15, 0.2) is 0 Å². The molecular formula is C10H11ClF10O2S. The fourth-order valence-electron chi connectivity index (χ4n) is 1.78. The van der Waals surface area contributed by atoms with Crippen molar-refractivity contribution in [3.63, 3.8) is 0 Å². The molecule has 0 radical (unpaired) electrons. The van der Waals surface area contributed by atoms with E-state index in [1.807, 2.05) is 0 Å². The predicted molar refractivity (Wildman–Crippen MR) is 63.6 cm³/mol. The zero-order chi connectivity index (χ0) is 19.6. The van der Waals surface area contributed by atoms with E-state index in [1.54, 1.807) is 0 Å². The van der Waals surface area contributed by atoms with Crippen molar-refractivity contribution in [1.82, 2.24) is 0 Å². The van der Waals surface area contributed by atoms with Crippen molar-refractivity contribution in [2.24, 2.45) is 5.92 Å². The van der Waals surface area contributed by atoms with Crippen molar-refractivity contribution in [2.75, 3.05) is 5.75 Å². The zero-order valence-corrected chi connectivity index (χ0v) is 13.1. The van der Waals surface area contributed by atoms with E-state index >= 15 is 0 Å². The fraction of sp³-hybridized carbons (Fsp3) is 1.00. The number of alkyl halides is 10. The van der Waals surface area contributed by atoms with Gasteiger partial charge in [-0.25, -0.2) is 12.8 Å². The predicted octanol–water partition coefficient (Wildman–Crippen LogP) is 5.13. The Morgan fingerprint density at radius 1 is 0.792 bits per heavy atom. The molecule has 24 heavy (non-hydrogen) atoms. The van der Waals surface area contributed by atoms with Crippen molar-refractivity contribution in [1.29, 1.82) is 0 Å². The Hall–Kier alpha value is -0.460. The second-order valence-corrected chi connectivity index (χ2v) is 7.87. The van der Waals surface area contributed by atoms with Gasteiger partial charge in [-0.05, 0) is 12.8 Å². The third-order valence-electron chi connectivity index (χ3n) is 3.08. The summed E-state index contributed by atoms with van der Waals surface area (Å²) in [5.41, 5.74) is -6.03. The van der Waals surface area contributed by atoms with Crippen molar-refractivity contribution in [3.8, 4) is 0 Å². The minimum absolute atomic E-state index is 0.532. The average Bonchev–Trinajstić information content (AvgIpc) is 2.26. The summed E-state index contributed by atoms with van der Waals surface area (Å²) in [5, 5.41) is 0. The summed E-state index contributed by atoms with van der Waals surface area (Å²) in [4.78, 5) is 0. The van der Waals surface area contributed by atoms with E-state index in [4.69, 9.17) is 10.7 Å². The first-order chi connectivity index (χ1) is 10.3. The third-order valence-corrected chi connectivity index (χ3v) is 4.32. The first-order valence-electron chi connectivity index (χ1n) is 6.12. The minimum Gasteiger partial charge on any atom is -0.224 e. The highest BCUT2D eigenvalue weighted by molar-refractivity contribution is 8.13. The molecular weight excluding hydrogens is 410 g/mol. The minimum atomic E-state index is -6.59. The van der Waals surface area contributed by atoms with Gasteiger partial charge in [0.25, 0.3) is 5.67 Å². The van der Waals surface area contributed by atoms with Gasteiger partial charge in [-0.1, -0.05) is 6.42 Å². The summed E-state index contributed by atoms with van der Waals surface area (Å²) in [6, 6.07) is 0. The molecule has 0 heterocycles. The van der Waals surface area contributed by atoms with Crippen molar-refractivity contribution in [3.05, 3.63) is 0 Å². The van der Waals surface area contributed by atoms with Crippen LogP contribution in [-0.2, 0) is 9.05 Å². The van der Waals surface area contributed by atoms with Gasteiger partial charge in [0.05, 0.1) is 11.7 Å². The fourth-order valence-corrected chi connectivity index (χ4v) is 2.65. The summed E-state index contributed by atoms with van der Waals surface area (Å²) in [6.07, 6.45) is -24.2. The van der Waals surface area contributed by atoms with E-state index < -0.39 is 70.6 Å². The van der Waals surface area contributed by atoms with Gasteiger partial charge in [-0.2, -0.15) is 39.5 Å². The smallest absolute Gasteiger partial charge is 0.224 e. The molecule has 2 nitrogen and oxygen atoms in total.